The lowest BCUT2D eigenvalue weighted by molar-refractivity contribution is -0.0755. The molecule has 2 N–H and O–H groups in total. The monoisotopic (exact) mass is 315 g/mol. The van der Waals surface area contributed by atoms with E-state index >= 15 is 0 Å². The van der Waals surface area contributed by atoms with Crippen molar-refractivity contribution in [2.75, 3.05) is 0 Å². The van der Waals surface area contributed by atoms with E-state index in [0.29, 0.717) is 5.56 Å². The Bertz CT molecular complexity index is 449. The number of hydrogen-bond acceptors (Lipinski definition) is 2. The summed E-state index contributed by atoms with van der Waals surface area (Å²) in [6, 6.07) is 5.28. The first-order chi connectivity index (χ1) is 8.32. The first-order valence-electron chi connectivity index (χ1n) is 6.21. The fourth-order valence-corrected chi connectivity index (χ4v) is 2.76. The molecule has 2 rings (SSSR count). The molecule has 2 nitrogen and oxygen atoms in total. The van der Waals surface area contributed by atoms with Crippen LogP contribution in [-0.4, -0.2) is 17.3 Å². The van der Waals surface area contributed by atoms with E-state index in [1.54, 1.807) is 6.07 Å². The molecule has 1 aliphatic carbocycles. The largest absolute Gasteiger partial charge is 0.392 e. The maximum Gasteiger partial charge on any atom is 0.129 e. The summed E-state index contributed by atoms with van der Waals surface area (Å²) in [7, 11) is 0. The van der Waals surface area contributed by atoms with Crippen LogP contribution in [0.5, 0.6) is 0 Å². The molecule has 3 atom stereocenters. The zero-order chi connectivity index (χ0) is 13.5. The molecule has 1 aliphatic rings. The standard InChI is InChI=1S/C14H19BrFNO/c1-8(10-5-4-9(15)6-11(10)16)17-12-7-13(18)14(12,2)3/h4-6,8,12-13,17-18H,7H2,1-3H3. The van der Waals surface area contributed by atoms with Gasteiger partial charge in [-0.25, -0.2) is 4.39 Å². The van der Waals surface area contributed by atoms with E-state index in [0.717, 1.165) is 10.9 Å². The van der Waals surface area contributed by atoms with Gasteiger partial charge in [-0.15, -0.1) is 0 Å². The molecule has 0 aliphatic heterocycles. The Morgan fingerprint density at radius 1 is 1.50 bits per heavy atom. The molecule has 100 valence electrons. The van der Waals surface area contributed by atoms with Gasteiger partial charge in [0.2, 0.25) is 0 Å². The Morgan fingerprint density at radius 3 is 2.67 bits per heavy atom. The summed E-state index contributed by atoms with van der Waals surface area (Å²) in [6.07, 6.45) is 0.465. The number of aliphatic hydroxyl groups is 1. The van der Waals surface area contributed by atoms with Gasteiger partial charge < -0.3 is 10.4 Å². The van der Waals surface area contributed by atoms with Crippen molar-refractivity contribution in [1.82, 2.24) is 5.32 Å². The molecule has 0 amide bonds. The third-order valence-electron chi connectivity index (χ3n) is 4.10. The van der Waals surface area contributed by atoms with Gasteiger partial charge >= 0.3 is 0 Å². The molecule has 3 unspecified atom stereocenters. The number of benzene rings is 1. The average molecular weight is 316 g/mol. The van der Waals surface area contributed by atoms with Crippen LogP contribution in [0.15, 0.2) is 22.7 Å². The van der Waals surface area contributed by atoms with Crippen LogP contribution >= 0.6 is 15.9 Å². The van der Waals surface area contributed by atoms with Gasteiger partial charge in [-0.05, 0) is 25.5 Å². The zero-order valence-corrected chi connectivity index (χ0v) is 12.5. The van der Waals surface area contributed by atoms with Gasteiger partial charge in [0.25, 0.3) is 0 Å². The highest BCUT2D eigenvalue weighted by Crippen LogP contribution is 2.41. The number of rotatable bonds is 3. The Kier molecular flexibility index (Phi) is 3.81. The minimum Gasteiger partial charge on any atom is -0.392 e. The van der Waals surface area contributed by atoms with Gasteiger partial charge in [-0.3, -0.25) is 0 Å². The van der Waals surface area contributed by atoms with Crippen molar-refractivity contribution in [2.45, 2.75) is 45.4 Å². The number of hydrogen-bond donors (Lipinski definition) is 2. The van der Waals surface area contributed by atoms with Crippen LogP contribution in [0.4, 0.5) is 4.39 Å². The van der Waals surface area contributed by atoms with E-state index < -0.39 is 0 Å². The highest BCUT2D eigenvalue weighted by Gasteiger charge is 2.47. The summed E-state index contributed by atoms with van der Waals surface area (Å²) in [4.78, 5) is 0. The first kappa shape index (κ1) is 14.0. The predicted molar refractivity (Wildman–Crippen MR) is 73.8 cm³/mol. The van der Waals surface area contributed by atoms with Gasteiger partial charge in [0.15, 0.2) is 0 Å². The fourth-order valence-electron chi connectivity index (χ4n) is 2.43. The van der Waals surface area contributed by atoms with Crippen LogP contribution in [0.3, 0.4) is 0 Å². The molecule has 4 heteroatoms. The van der Waals surface area contributed by atoms with Gasteiger partial charge in [-0.1, -0.05) is 35.8 Å². The summed E-state index contributed by atoms with van der Waals surface area (Å²) < 4.78 is 14.6. The fraction of sp³-hybridized carbons (Fsp3) is 0.571. The summed E-state index contributed by atoms with van der Waals surface area (Å²) in [5.41, 5.74) is 0.524. The second-order valence-electron chi connectivity index (χ2n) is 5.68. The van der Waals surface area contributed by atoms with Crippen LogP contribution in [-0.2, 0) is 0 Å². The number of aliphatic hydroxyl groups excluding tert-OH is 1. The topological polar surface area (TPSA) is 32.3 Å². The zero-order valence-electron chi connectivity index (χ0n) is 10.9. The molecule has 0 bridgehead atoms. The molecule has 0 spiro atoms. The SMILES string of the molecule is CC(NC1CC(O)C1(C)C)c1ccc(Br)cc1F. The van der Waals surface area contributed by atoms with Crippen LogP contribution in [0.25, 0.3) is 0 Å². The molecule has 1 aromatic rings. The van der Waals surface area contributed by atoms with E-state index in [1.165, 1.54) is 6.07 Å². The van der Waals surface area contributed by atoms with Crippen LogP contribution in [0.1, 0.15) is 38.8 Å². The average Bonchev–Trinajstić information content (AvgIpc) is 2.28. The van der Waals surface area contributed by atoms with Crippen molar-refractivity contribution >= 4 is 15.9 Å². The van der Waals surface area contributed by atoms with Gasteiger partial charge in [-0.2, -0.15) is 0 Å². The van der Waals surface area contributed by atoms with E-state index in [-0.39, 0.29) is 29.4 Å². The van der Waals surface area contributed by atoms with Crippen molar-refractivity contribution in [3.05, 3.63) is 34.1 Å². The minimum atomic E-state index is -0.267. The van der Waals surface area contributed by atoms with Gasteiger partial charge in [0.05, 0.1) is 6.10 Å². The first-order valence-corrected chi connectivity index (χ1v) is 7.00. The molecule has 1 saturated carbocycles. The van der Waals surface area contributed by atoms with E-state index in [2.05, 4.69) is 21.2 Å². The van der Waals surface area contributed by atoms with Gasteiger partial charge in [0.1, 0.15) is 5.82 Å². The van der Waals surface area contributed by atoms with Crippen molar-refractivity contribution in [1.29, 1.82) is 0 Å². The summed E-state index contributed by atoms with van der Waals surface area (Å²) in [5, 5.41) is 13.1. The van der Waals surface area contributed by atoms with Crippen LogP contribution < -0.4 is 5.32 Å². The Hall–Kier alpha value is -0.450. The molecular weight excluding hydrogens is 297 g/mol. The third-order valence-corrected chi connectivity index (χ3v) is 4.59. The highest BCUT2D eigenvalue weighted by molar-refractivity contribution is 9.10. The van der Waals surface area contributed by atoms with Crippen molar-refractivity contribution in [2.24, 2.45) is 5.41 Å². The van der Waals surface area contributed by atoms with Crippen molar-refractivity contribution in [3.63, 3.8) is 0 Å². The lowest BCUT2D eigenvalue weighted by atomic mass is 9.64. The summed E-state index contributed by atoms with van der Waals surface area (Å²) in [6.45, 7) is 6.01. The number of halogens is 2. The highest BCUT2D eigenvalue weighted by atomic mass is 79.9. The molecule has 1 fully saturated rings. The van der Waals surface area contributed by atoms with E-state index in [9.17, 15) is 9.50 Å². The molecule has 1 aromatic carbocycles. The van der Waals surface area contributed by atoms with Gasteiger partial charge in [0, 0.05) is 27.5 Å². The second-order valence-corrected chi connectivity index (χ2v) is 6.60. The molecule has 0 saturated heterocycles. The van der Waals surface area contributed by atoms with E-state index in [4.69, 9.17) is 0 Å². The number of nitrogens with one attached hydrogen (secondary N) is 1. The lowest BCUT2D eigenvalue weighted by Gasteiger charge is -2.50. The molecule has 18 heavy (non-hydrogen) atoms. The quantitative estimate of drug-likeness (QED) is 0.896. The normalized spacial score (nSPS) is 27.7. The maximum absolute atomic E-state index is 13.8. The third kappa shape index (κ3) is 2.46. The van der Waals surface area contributed by atoms with Crippen LogP contribution in [0, 0.1) is 11.2 Å². The summed E-state index contributed by atoms with van der Waals surface area (Å²) in [5.74, 6) is -0.206. The predicted octanol–water partition coefficient (Wildman–Crippen LogP) is 3.40. The minimum absolute atomic E-state index is 0.0603. The lowest BCUT2D eigenvalue weighted by Crippen LogP contribution is -2.60. The smallest absolute Gasteiger partial charge is 0.129 e. The second kappa shape index (κ2) is 4.91. The Labute approximate surface area is 116 Å². The Morgan fingerprint density at radius 2 is 2.17 bits per heavy atom. The van der Waals surface area contributed by atoms with Crippen molar-refractivity contribution in [3.8, 4) is 0 Å². The van der Waals surface area contributed by atoms with E-state index in [1.807, 2.05) is 26.8 Å². The maximum atomic E-state index is 13.8. The molecule has 0 heterocycles. The molecule has 0 radical (unpaired) electrons. The molecular formula is C14H19BrFNO. The van der Waals surface area contributed by atoms with Crippen molar-refractivity contribution < 1.29 is 9.50 Å². The van der Waals surface area contributed by atoms with Crippen LogP contribution in [0.2, 0.25) is 0 Å². The molecule has 0 aromatic heterocycles. The summed E-state index contributed by atoms with van der Waals surface area (Å²) >= 11 is 3.25. The Balaban J connectivity index is 2.07.